The lowest BCUT2D eigenvalue weighted by Crippen LogP contribution is -2.42. The highest BCUT2D eigenvalue weighted by molar-refractivity contribution is 5.76. The van der Waals surface area contributed by atoms with Gasteiger partial charge in [0.05, 0.1) is 0 Å². The van der Waals surface area contributed by atoms with Crippen molar-refractivity contribution < 1.29 is 18.0 Å². The molecule has 2 aliphatic rings. The Labute approximate surface area is 211 Å². The largest absolute Gasteiger partial charge is 0.433 e. The van der Waals surface area contributed by atoms with Gasteiger partial charge < -0.3 is 20.0 Å². The van der Waals surface area contributed by atoms with E-state index in [1.807, 2.05) is 4.90 Å². The number of aromatic nitrogens is 1. The van der Waals surface area contributed by atoms with Gasteiger partial charge in [0, 0.05) is 62.8 Å². The number of rotatable bonds is 7. The van der Waals surface area contributed by atoms with E-state index in [1.54, 1.807) is 6.07 Å². The van der Waals surface area contributed by atoms with Gasteiger partial charge in [-0.15, -0.1) is 0 Å². The smallest absolute Gasteiger partial charge is 0.382 e. The van der Waals surface area contributed by atoms with Crippen LogP contribution in [0.4, 0.5) is 24.5 Å². The first kappa shape index (κ1) is 26.3. The Hall–Kier alpha value is -2.81. The van der Waals surface area contributed by atoms with Gasteiger partial charge in [-0.3, -0.25) is 9.78 Å². The van der Waals surface area contributed by atoms with Gasteiger partial charge >= 0.3 is 6.18 Å². The van der Waals surface area contributed by atoms with Gasteiger partial charge in [-0.05, 0) is 70.0 Å². The lowest BCUT2D eigenvalue weighted by molar-refractivity contribution is -0.141. The molecular formula is C27H36F3N5O. The van der Waals surface area contributed by atoms with Crippen LogP contribution in [0.1, 0.15) is 43.4 Å². The van der Waals surface area contributed by atoms with Crippen molar-refractivity contribution in [3.63, 3.8) is 0 Å². The lowest BCUT2D eigenvalue weighted by Gasteiger charge is -2.33. The van der Waals surface area contributed by atoms with Crippen molar-refractivity contribution in [1.82, 2.24) is 14.8 Å². The van der Waals surface area contributed by atoms with Crippen molar-refractivity contribution in [3.8, 4) is 0 Å². The van der Waals surface area contributed by atoms with Crippen molar-refractivity contribution in [3.05, 3.63) is 53.9 Å². The highest BCUT2D eigenvalue weighted by Crippen LogP contribution is 2.29. The average molecular weight is 504 g/mol. The maximum absolute atomic E-state index is 12.9. The summed E-state index contributed by atoms with van der Waals surface area (Å²) in [6.07, 6.45) is 0.654. The van der Waals surface area contributed by atoms with Crippen molar-refractivity contribution in [2.75, 3.05) is 56.0 Å². The Morgan fingerprint density at radius 2 is 1.78 bits per heavy atom. The van der Waals surface area contributed by atoms with E-state index in [4.69, 9.17) is 0 Å². The highest BCUT2D eigenvalue weighted by atomic mass is 19.4. The number of hydrogen-bond donors (Lipinski definition) is 1. The molecule has 0 saturated carbocycles. The predicted octanol–water partition coefficient (Wildman–Crippen LogP) is 4.80. The number of nitrogens with zero attached hydrogens (tertiary/aromatic N) is 4. The van der Waals surface area contributed by atoms with Crippen LogP contribution in [0.2, 0.25) is 0 Å². The molecule has 9 heteroatoms. The highest BCUT2D eigenvalue weighted by Gasteiger charge is 2.32. The summed E-state index contributed by atoms with van der Waals surface area (Å²) in [4.78, 5) is 22.9. The summed E-state index contributed by atoms with van der Waals surface area (Å²) in [7, 11) is 0. The molecule has 1 aromatic carbocycles. The number of alkyl halides is 3. The molecule has 0 bridgehead atoms. The second-order valence-electron chi connectivity index (χ2n) is 9.85. The first-order valence-electron chi connectivity index (χ1n) is 12.9. The zero-order valence-corrected chi connectivity index (χ0v) is 20.9. The normalized spacial score (nSPS) is 18.2. The molecule has 3 heterocycles. The molecular weight excluding hydrogens is 467 g/mol. The fourth-order valence-corrected chi connectivity index (χ4v) is 5.00. The zero-order valence-electron chi connectivity index (χ0n) is 20.9. The van der Waals surface area contributed by atoms with Crippen LogP contribution in [0.3, 0.4) is 0 Å². The molecule has 2 aromatic rings. The summed E-state index contributed by atoms with van der Waals surface area (Å²) < 4.78 is 38.7. The Kier molecular flexibility index (Phi) is 8.72. The molecule has 1 aromatic heterocycles. The summed E-state index contributed by atoms with van der Waals surface area (Å²) in [5.41, 5.74) is 2.07. The first-order chi connectivity index (χ1) is 17.3. The van der Waals surface area contributed by atoms with Gasteiger partial charge in [0.15, 0.2) is 0 Å². The van der Waals surface area contributed by atoms with Gasteiger partial charge in [-0.25, -0.2) is 0 Å². The van der Waals surface area contributed by atoms with Crippen molar-refractivity contribution in [2.24, 2.45) is 0 Å². The number of carbonyl (C=O) groups excluding carboxylic acids is 1. The van der Waals surface area contributed by atoms with Crippen LogP contribution in [0, 0.1) is 6.92 Å². The van der Waals surface area contributed by atoms with Crippen LogP contribution in [-0.2, 0) is 11.0 Å². The quantitative estimate of drug-likeness (QED) is 0.588. The number of benzene rings is 1. The zero-order chi connectivity index (χ0) is 25.5. The van der Waals surface area contributed by atoms with Gasteiger partial charge in [-0.2, -0.15) is 13.2 Å². The summed E-state index contributed by atoms with van der Waals surface area (Å²) >= 11 is 0. The SMILES string of the molecule is Cc1ccc(N2CCCN(CCCC(=O)N3CCC(Nc4ccnc(C(F)(F)F)c4)CC3)CC2)cc1. The van der Waals surface area contributed by atoms with E-state index < -0.39 is 11.9 Å². The fraction of sp³-hybridized carbons (Fsp3) is 0.556. The number of anilines is 2. The molecule has 0 aliphatic carbocycles. The third-order valence-corrected chi connectivity index (χ3v) is 7.12. The molecule has 36 heavy (non-hydrogen) atoms. The lowest BCUT2D eigenvalue weighted by atomic mass is 10.0. The molecule has 0 unspecified atom stereocenters. The van der Waals surface area contributed by atoms with Gasteiger partial charge in [0.2, 0.25) is 5.91 Å². The Morgan fingerprint density at radius 3 is 2.50 bits per heavy atom. The minimum Gasteiger partial charge on any atom is -0.382 e. The molecule has 0 radical (unpaired) electrons. The first-order valence-corrected chi connectivity index (χ1v) is 12.9. The standard InChI is InChI=1S/C27H36F3N5O/c1-21-5-7-24(8-6-21)34-15-3-14-33(18-19-34)13-2-4-26(36)35-16-10-22(11-17-35)32-23-9-12-31-25(20-23)27(28,29)30/h5-9,12,20,22H,2-4,10-11,13-19H2,1H3,(H,31,32). The van der Waals surface area contributed by atoms with Crippen molar-refractivity contribution >= 4 is 17.3 Å². The van der Waals surface area contributed by atoms with Crippen LogP contribution >= 0.6 is 0 Å². The van der Waals surface area contributed by atoms with Crippen molar-refractivity contribution in [2.45, 2.75) is 51.2 Å². The molecule has 6 nitrogen and oxygen atoms in total. The molecule has 2 saturated heterocycles. The summed E-state index contributed by atoms with van der Waals surface area (Å²) in [6, 6.07) is 11.3. The van der Waals surface area contributed by atoms with E-state index >= 15 is 0 Å². The maximum Gasteiger partial charge on any atom is 0.433 e. The van der Waals surface area contributed by atoms with Crippen LogP contribution in [0.15, 0.2) is 42.6 Å². The summed E-state index contributed by atoms with van der Waals surface area (Å²) in [6.45, 7) is 8.40. The second-order valence-corrected chi connectivity index (χ2v) is 9.85. The van der Waals surface area contributed by atoms with E-state index in [2.05, 4.69) is 51.3 Å². The fourth-order valence-electron chi connectivity index (χ4n) is 5.00. The predicted molar refractivity (Wildman–Crippen MR) is 136 cm³/mol. The number of carbonyl (C=O) groups is 1. The van der Waals surface area contributed by atoms with Gasteiger partial charge in [-0.1, -0.05) is 17.7 Å². The van der Waals surface area contributed by atoms with E-state index in [1.165, 1.54) is 17.4 Å². The number of hydrogen-bond acceptors (Lipinski definition) is 5. The summed E-state index contributed by atoms with van der Waals surface area (Å²) in [5, 5.41) is 3.17. The third-order valence-electron chi connectivity index (χ3n) is 7.12. The minimum absolute atomic E-state index is 0.0473. The molecule has 1 amide bonds. The number of piperidine rings is 1. The average Bonchev–Trinajstić information content (AvgIpc) is 3.10. The van der Waals surface area contributed by atoms with Gasteiger partial charge in [0.1, 0.15) is 5.69 Å². The summed E-state index contributed by atoms with van der Waals surface area (Å²) in [5.74, 6) is 0.174. The van der Waals surface area contributed by atoms with Crippen molar-refractivity contribution in [1.29, 1.82) is 0 Å². The number of aryl methyl sites for hydroxylation is 1. The molecule has 0 spiro atoms. The number of halogens is 3. The Morgan fingerprint density at radius 1 is 1.03 bits per heavy atom. The molecule has 1 N–H and O–H groups in total. The third kappa shape index (κ3) is 7.35. The van der Waals surface area contributed by atoms with E-state index in [9.17, 15) is 18.0 Å². The Bertz CT molecular complexity index is 990. The molecule has 4 rings (SSSR count). The monoisotopic (exact) mass is 503 g/mol. The van der Waals surface area contributed by atoms with E-state index in [0.29, 0.717) is 25.2 Å². The Balaban J connectivity index is 1.15. The number of likely N-dealkylation sites (tertiary alicyclic amines) is 1. The van der Waals surface area contributed by atoms with E-state index in [-0.39, 0.29) is 11.9 Å². The molecule has 196 valence electrons. The molecule has 2 fully saturated rings. The van der Waals surface area contributed by atoms with E-state index in [0.717, 1.165) is 64.5 Å². The number of amides is 1. The van der Waals surface area contributed by atoms with Crippen LogP contribution in [0.5, 0.6) is 0 Å². The molecule has 0 atom stereocenters. The maximum atomic E-state index is 12.9. The second kappa shape index (κ2) is 12.0. The van der Waals surface area contributed by atoms with Gasteiger partial charge in [0.25, 0.3) is 0 Å². The van der Waals surface area contributed by atoms with Crippen LogP contribution in [0.25, 0.3) is 0 Å². The minimum atomic E-state index is -4.46. The number of pyridine rings is 1. The van der Waals surface area contributed by atoms with Crippen LogP contribution in [-0.4, -0.2) is 72.5 Å². The number of nitrogens with one attached hydrogen (secondary N) is 1. The van der Waals surface area contributed by atoms with Crippen LogP contribution < -0.4 is 10.2 Å². The molecule has 2 aliphatic heterocycles. The topological polar surface area (TPSA) is 51.7 Å².